The molecule has 0 bridgehead atoms. The fourth-order valence-electron chi connectivity index (χ4n) is 1.63. The molecule has 0 aliphatic carbocycles. The smallest absolute Gasteiger partial charge is 0.128 e. The number of hydrogen-bond acceptors (Lipinski definition) is 5. The van der Waals surface area contributed by atoms with Gasteiger partial charge in [-0.3, -0.25) is 0 Å². The van der Waals surface area contributed by atoms with Gasteiger partial charge in [-0.1, -0.05) is 0 Å². The second kappa shape index (κ2) is 4.24. The molecule has 0 spiro atoms. The summed E-state index contributed by atoms with van der Waals surface area (Å²) in [5.74, 6) is 0.450. The van der Waals surface area contributed by atoms with Crippen LogP contribution in [0, 0.1) is 6.92 Å². The summed E-state index contributed by atoms with van der Waals surface area (Å²) in [4.78, 5) is 12.0. The van der Waals surface area contributed by atoms with E-state index in [2.05, 4.69) is 15.0 Å². The third-order valence-electron chi connectivity index (χ3n) is 2.47. The van der Waals surface area contributed by atoms with Gasteiger partial charge in [-0.05, 0) is 24.6 Å². The molecular weight excluding hydrogens is 202 g/mol. The van der Waals surface area contributed by atoms with Crippen molar-refractivity contribution in [3.8, 4) is 0 Å². The highest BCUT2D eigenvalue weighted by atomic mass is 14.9. The fourth-order valence-corrected chi connectivity index (χ4v) is 1.63. The average Bonchev–Trinajstić information content (AvgIpc) is 2.30. The van der Waals surface area contributed by atoms with E-state index in [1.807, 2.05) is 13.0 Å². The molecule has 5 nitrogen and oxygen atoms in total. The zero-order valence-electron chi connectivity index (χ0n) is 8.96. The average molecular weight is 215 g/mol. The molecule has 2 rings (SSSR count). The third kappa shape index (κ3) is 1.85. The normalized spacial score (nSPS) is 12.4. The van der Waals surface area contributed by atoms with Crippen molar-refractivity contribution in [1.29, 1.82) is 0 Å². The van der Waals surface area contributed by atoms with E-state index in [9.17, 15) is 0 Å². The Hall–Kier alpha value is -2.01. The molecule has 5 heteroatoms. The largest absolute Gasteiger partial charge is 0.383 e. The minimum Gasteiger partial charge on any atom is -0.383 e. The van der Waals surface area contributed by atoms with Crippen LogP contribution in [-0.2, 0) is 0 Å². The van der Waals surface area contributed by atoms with Gasteiger partial charge in [-0.15, -0.1) is 0 Å². The van der Waals surface area contributed by atoms with Crippen LogP contribution >= 0.6 is 0 Å². The number of hydrogen-bond donors (Lipinski definition) is 2. The Morgan fingerprint density at radius 3 is 2.62 bits per heavy atom. The summed E-state index contributed by atoms with van der Waals surface area (Å²) in [6.07, 6.45) is 4.79. The first-order valence-corrected chi connectivity index (χ1v) is 4.92. The lowest BCUT2D eigenvalue weighted by atomic mass is 10.0. The van der Waals surface area contributed by atoms with Crippen molar-refractivity contribution in [1.82, 2.24) is 15.0 Å². The molecule has 2 heterocycles. The number of aromatic nitrogens is 3. The SMILES string of the molecule is Cc1ccnc(N)c1C(N)c1ccncn1. The van der Waals surface area contributed by atoms with Crippen LogP contribution in [0.5, 0.6) is 0 Å². The molecule has 82 valence electrons. The first kappa shape index (κ1) is 10.5. The highest BCUT2D eigenvalue weighted by Crippen LogP contribution is 2.24. The monoisotopic (exact) mass is 215 g/mol. The fraction of sp³-hybridized carbons (Fsp3) is 0.182. The first-order valence-electron chi connectivity index (χ1n) is 4.92. The molecule has 16 heavy (non-hydrogen) atoms. The van der Waals surface area contributed by atoms with Gasteiger partial charge in [-0.2, -0.15) is 0 Å². The maximum Gasteiger partial charge on any atom is 0.128 e. The van der Waals surface area contributed by atoms with Gasteiger partial charge in [0.05, 0.1) is 11.7 Å². The lowest BCUT2D eigenvalue weighted by Gasteiger charge is -2.15. The highest BCUT2D eigenvalue weighted by Gasteiger charge is 2.16. The van der Waals surface area contributed by atoms with Gasteiger partial charge in [-0.25, -0.2) is 15.0 Å². The standard InChI is InChI=1S/C11H13N5/c1-7-2-5-15-11(13)9(7)10(12)8-3-4-14-6-16-8/h2-6,10H,12H2,1H3,(H2,13,15). The number of aryl methyl sites for hydroxylation is 1. The zero-order chi connectivity index (χ0) is 11.5. The second-order valence-electron chi connectivity index (χ2n) is 3.54. The summed E-state index contributed by atoms with van der Waals surface area (Å²) in [7, 11) is 0. The van der Waals surface area contributed by atoms with Gasteiger partial charge in [0.1, 0.15) is 12.1 Å². The molecule has 0 saturated heterocycles. The summed E-state index contributed by atoms with van der Waals surface area (Å²) in [5, 5.41) is 0. The van der Waals surface area contributed by atoms with Crippen molar-refractivity contribution in [2.75, 3.05) is 5.73 Å². The zero-order valence-corrected chi connectivity index (χ0v) is 8.96. The van der Waals surface area contributed by atoms with Crippen molar-refractivity contribution in [3.63, 3.8) is 0 Å². The summed E-state index contributed by atoms with van der Waals surface area (Å²) >= 11 is 0. The van der Waals surface area contributed by atoms with Gasteiger partial charge in [0.25, 0.3) is 0 Å². The lowest BCUT2D eigenvalue weighted by Crippen LogP contribution is -2.17. The second-order valence-corrected chi connectivity index (χ2v) is 3.54. The summed E-state index contributed by atoms with van der Waals surface area (Å²) in [6, 6.07) is 3.29. The van der Waals surface area contributed by atoms with Crippen LogP contribution in [0.3, 0.4) is 0 Å². The molecule has 0 aromatic carbocycles. The van der Waals surface area contributed by atoms with Gasteiger partial charge in [0.15, 0.2) is 0 Å². The van der Waals surface area contributed by atoms with E-state index >= 15 is 0 Å². The number of nitrogens with two attached hydrogens (primary N) is 2. The van der Waals surface area contributed by atoms with Gasteiger partial charge in [0, 0.05) is 18.0 Å². The topological polar surface area (TPSA) is 90.7 Å². The molecule has 4 N–H and O–H groups in total. The summed E-state index contributed by atoms with van der Waals surface area (Å²) in [5.41, 5.74) is 14.5. The number of pyridine rings is 1. The predicted molar refractivity (Wildman–Crippen MR) is 61.4 cm³/mol. The van der Waals surface area contributed by atoms with E-state index in [1.54, 1.807) is 18.5 Å². The molecule has 2 aromatic rings. The molecule has 0 saturated carbocycles. The third-order valence-corrected chi connectivity index (χ3v) is 2.47. The van der Waals surface area contributed by atoms with Crippen molar-refractivity contribution < 1.29 is 0 Å². The molecular formula is C11H13N5. The van der Waals surface area contributed by atoms with Gasteiger partial charge < -0.3 is 11.5 Å². The van der Waals surface area contributed by atoms with Crippen molar-refractivity contribution in [3.05, 3.63) is 47.7 Å². The number of anilines is 1. The van der Waals surface area contributed by atoms with E-state index in [1.165, 1.54) is 6.33 Å². The van der Waals surface area contributed by atoms with Crippen LogP contribution in [0.2, 0.25) is 0 Å². The van der Waals surface area contributed by atoms with E-state index in [4.69, 9.17) is 11.5 Å². The Kier molecular flexibility index (Phi) is 2.78. The van der Waals surface area contributed by atoms with Crippen molar-refractivity contribution in [2.24, 2.45) is 5.73 Å². The minimum absolute atomic E-state index is 0.364. The highest BCUT2D eigenvalue weighted by molar-refractivity contribution is 5.48. The van der Waals surface area contributed by atoms with E-state index in [0.717, 1.165) is 16.8 Å². The molecule has 1 atom stereocenters. The molecule has 0 radical (unpaired) electrons. The van der Waals surface area contributed by atoms with Gasteiger partial charge >= 0.3 is 0 Å². The number of rotatable bonds is 2. The van der Waals surface area contributed by atoms with E-state index in [0.29, 0.717) is 5.82 Å². The quantitative estimate of drug-likeness (QED) is 0.773. The molecule has 2 aromatic heterocycles. The number of nitrogen functional groups attached to an aromatic ring is 1. The van der Waals surface area contributed by atoms with E-state index in [-0.39, 0.29) is 6.04 Å². The Balaban J connectivity index is 2.46. The molecule has 0 amide bonds. The van der Waals surface area contributed by atoms with E-state index < -0.39 is 0 Å². The Bertz CT molecular complexity index is 463. The minimum atomic E-state index is -0.364. The molecule has 0 aliphatic heterocycles. The maximum atomic E-state index is 6.11. The first-order chi connectivity index (χ1) is 7.70. The van der Waals surface area contributed by atoms with Crippen LogP contribution in [-0.4, -0.2) is 15.0 Å². The van der Waals surface area contributed by atoms with Crippen LogP contribution in [0.25, 0.3) is 0 Å². The lowest BCUT2D eigenvalue weighted by molar-refractivity contribution is 0.810. The molecule has 1 unspecified atom stereocenters. The Morgan fingerprint density at radius 2 is 2.00 bits per heavy atom. The number of nitrogens with zero attached hydrogens (tertiary/aromatic N) is 3. The molecule has 0 fully saturated rings. The van der Waals surface area contributed by atoms with Gasteiger partial charge in [0.2, 0.25) is 0 Å². The maximum absolute atomic E-state index is 6.11. The van der Waals surface area contributed by atoms with Crippen LogP contribution in [0.1, 0.15) is 22.9 Å². The summed E-state index contributed by atoms with van der Waals surface area (Å²) in [6.45, 7) is 1.95. The van der Waals surface area contributed by atoms with Crippen LogP contribution in [0.4, 0.5) is 5.82 Å². The van der Waals surface area contributed by atoms with Crippen molar-refractivity contribution >= 4 is 5.82 Å². The Morgan fingerprint density at radius 1 is 1.19 bits per heavy atom. The molecule has 0 aliphatic rings. The van der Waals surface area contributed by atoms with Crippen LogP contribution < -0.4 is 11.5 Å². The predicted octanol–water partition coefficient (Wildman–Crippen LogP) is 0.810. The Labute approximate surface area is 93.6 Å². The van der Waals surface area contributed by atoms with Crippen molar-refractivity contribution in [2.45, 2.75) is 13.0 Å². The van der Waals surface area contributed by atoms with Crippen LogP contribution in [0.15, 0.2) is 30.9 Å². The summed E-state index contributed by atoms with van der Waals surface area (Å²) < 4.78 is 0.